The van der Waals surface area contributed by atoms with E-state index in [1.807, 2.05) is 6.07 Å². The molecule has 1 aromatic rings. The SMILES string of the molecule is CC(C)CC1=C(c2cccc([N+](=O)[O-])c2)C(N=O)CC1. The second kappa shape index (κ2) is 5.94. The van der Waals surface area contributed by atoms with E-state index in [4.69, 9.17) is 0 Å². The summed E-state index contributed by atoms with van der Waals surface area (Å²) >= 11 is 0. The number of nitroso groups, excluding NO2 is 1. The molecule has 5 heteroatoms. The van der Waals surface area contributed by atoms with Gasteiger partial charge in [-0.2, -0.15) is 4.91 Å². The Labute approximate surface area is 117 Å². The summed E-state index contributed by atoms with van der Waals surface area (Å²) < 4.78 is 0. The van der Waals surface area contributed by atoms with Gasteiger partial charge in [-0.15, -0.1) is 0 Å². The molecule has 0 bridgehead atoms. The van der Waals surface area contributed by atoms with Crippen molar-refractivity contribution >= 4 is 11.3 Å². The zero-order valence-corrected chi connectivity index (χ0v) is 11.7. The minimum absolute atomic E-state index is 0.0513. The van der Waals surface area contributed by atoms with Gasteiger partial charge in [0.25, 0.3) is 5.69 Å². The average molecular weight is 274 g/mol. The van der Waals surface area contributed by atoms with Gasteiger partial charge in [-0.1, -0.05) is 36.7 Å². The normalized spacial score (nSPS) is 18.6. The number of nitro benzene ring substituents is 1. The summed E-state index contributed by atoms with van der Waals surface area (Å²) in [6.07, 6.45) is 2.47. The molecule has 1 unspecified atom stereocenters. The lowest BCUT2D eigenvalue weighted by molar-refractivity contribution is -0.384. The zero-order valence-electron chi connectivity index (χ0n) is 11.7. The molecule has 0 fully saturated rings. The van der Waals surface area contributed by atoms with Crippen LogP contribution < -0.4 is 0 Å². The number of rotatable bonds is 5. The lowest BCUT2D eigenvalue weighted by Gasteiger charge is -2.12. The Balaban J connectivity index is 2.46. The van der Waals surface area contributed by atoms with Gasteiger partial charge in [-0.25, -0.2) is 0 Å². The van der Waals surface area contributed by atoms with Crippen molar-refractivity contribution in [1.82, 2.24) is 0 Å². The molecule has 1 aliphatic rings. The van der Waals surface area contributed by atoms with E-state index in [-0.39, 0.29) is 11.7 Å². The Morgan fingerprint density at radius 3 is 2.80 bits per heavy atom. The van der Waals surface area contributed by atoms with Crippen molar-refractivity contribution in [3.05, 3.63) is 50.4 Å². The maximum atomic E-state index is 11.0. The second-order valence-electron chi connectivity index (χ2n) is 5.58. The van der Waals surface area contributed by atoms with Crippen molar-refractivity contribution in [2.45, 2.75) is 39.2 Å². The molecule has 0 aliphatic heterocycles. The molecule has 1 aliphatic carbocycles. The minimum atomic E-state index is -0.412. The highest BCUT2D eigenvalue weighted by Crippen LogP contribution is 2.39. The first-order valence-electron chi connectivity index (χ1n) is 6.82. The molecule has 5 nitrogen and oxygen atoms in total. The molecule has 0 N–H and O–H groups in total. The van der Waals surface area contributed by atoms with E-state index < -0.39 is 4.92 Å². The molecule has 0 saturated carbocycles. The molecule has 20 heavy (non-hydrogen) atoms. The van der Waals surface area contributed by atoms with Gasteiger partial charge < -0.3 is 0 Å². The van der Waals surface area contributed by atoms with E-state index in [0.717, 1.165) is 24.0 Å². The van der Waals surface area contributed by atoms with Crippen LogP contribution in [0.1, 0.15) is 38.7 Å². The highest BCUT2D eigenvalue weighted by atomic mass is 16.6. The summed E-state index contributed by atoms with van der Waals surface area (Å²) in [4.78, 5) is 21.5. The van der Waals surface area contributed by atoms with Gasteiger partial charge >= 0.3 is 0 Å². The Morgan fingerprint density at radius 2 is 2.20 bits per heavy atom. The molecule has 0 amide bonds. The van der Waals surface area contributed by atoms with Gasteiger partial charge in [0.05, 0.1) is 4.92 Å². The molecule has 1 aromatic carbocycles. The molecule has 0 heterocycles. The summed E-state index contributed by atoms with van der Waals surface area (Å²) in [7, 11) is 0. The van der Waals surface area contributed by atoms with Gasteiger partial charge in [-0.05, 0) is 36.3 Å². The van der Waals surface area contributed by atoms with Gasteiger partial charge in [0.2, 0.25) is 0 Å². The third-order valence-electron chi connectivity index (χ3n) is 3.58. The van der Waals surface area contributed by atoms with Crippen LogP contribution in [0.15, 0.2) is 35.0 Å². The Morgan fingerprint density at radius 1 is 1.45 bits per heavy atom. The second-order valence-corrected chi connectivity index (χ2v) is 5.58. The Kier molecular flexibility index (Phi) is 4.27. The maximum absolute atomic E-state index is 11.0. The van der Waals surface area contributed by atoms with Crippen molar-refractivity contribution in [2.24, 2.45) is 11.1 Å². The number of non-ortho nitro benzene ring substituents is 1. The average Bonchev–Trinajstić information content (AvgIpc) is 2.80. The first kappa shape index (κ1) is 14.4. The summed E-state index contributed by atoms with van der Waals surface area (Å²) in [5, 5.41) is 14.1. The highest BCUT2D eigenvalue weighted by Gasteiger charge is 2.28. The summed E-state index contributed by atoms with van der Waals surface area (Å²) in [5.74, 6) is 0.490. The Bertz CT molecular complexity index is 564. The first-order chi connectivity index (χ1) is 9.52. The van der Waals surface area contributed by atoms with E-state index >= 15 is 0 Å². The summed E-state index contributed by atoms with van der Waals surface area (Å²) in [5.41, 5.74) is 2.93. The van der Waals surface area contributed by atoms with Crippen LogP contribution in [-0.2, 0) is 0 Å². The van der Waals surface area contributed by atoms with Crippen LogP contribution in [0.4, 0.5) is 5.69 Å². The van der Waals surface area contributed by atoms with Crippen molar-refractivity contribution in [2.75, 3.05) is 0 Å². The van der Waals surface area contributed by atoms with Crippen molar-refractivity contribution in [3.63, 3.8) is 0 Å². The molecular weight excluding hydrogens is 256 g/mol. The zero-order chi connectivity index (χ0) is 14.7. The molecule has 0 aromatic heterocycles. The van der Waals surface area contributed by atoms with E-state index in [2.05, 4.69) is 19.0 Å². The van der Waals surface area contributed by atoms with Crippen LogP contribution in [0.25, 0.3) is 5.57 Å². The number of benzene rings is 1. The van der Waals surface area contributed by atoms with Crippen molar-refractivity contribution in [1.29, 1.82) is 0 Å². The van der Waals surface area contributed by atoms with Crippen LogP contribution in [0, 0.1) is 20.9 Å². The molecule has 106 valence electrons. The number of nitro groups is 1. The predicted octanol–water partition coefficient (Wildman–Crippen LogP) is 4.32. The number of hydrogen-bond donors (Lipinski definition) is 0. The largest absolute Gasteiger partial charge is 0.270 e. The topological polar surface area (TPSA) is 72.6 Å². The summed E-state index contributed by atoms with van der Waals surface area (Å²) in [6.45, 7) is 4.25. The fourth-order valence-corrected chi connectivity index (χ4v) is 2.82. The number of hydrogen-bond acceptors (Lipinski definition) is 4. The molecule has 2 rings (SSSR count). The fourth-order valence-electron chi connectivity index (χ4n) is 2.82. The van der Waals surface area contributed by atoms with Crippen LogP contribution in [0.3, 0.4) is 0 Å². The standard InChI is InChI=1S/C15H18N2O3/c1-10(2)8-12-6-7-14(16-18)15(12)11-4-3-5-13(9-11)17(19)20/h3-5,9-10,14H,6-8H2,1-2H3. The minimum Gasteiger partial charge on any atom is -0.258 e. The monoisotopic (exact) mass is 274 g/mol. The van der Waals surface area contributed by atoms with Crippen LogP contribution in [-0.4, -0.2) is 11.0 Å². The number of nitrogens with zero attached hydrogens (tertiary/aromatic N) is 2. The van der Waals surface area contributed by atoms with Gasteiger partial charge in [0.15, 0.2) is 0 Å². The van der Waals surface area contributed by atoms with Crippen molar-refractivity contribution < 1.29 is 4.92 Å². The highest BCUT2D eigenvalue weighted by molar-refractivity contribution is 5.76. The fraction of sp³-hybridized carbons (Fsp3) is 0.467. The molecule has 0 radical (unpaired) electrons. The first-order valence-corrected chi connectivity index (χ1v) is 6.82. The predicted molar refractivity (Wildman–Crippen MR) is 78.3 cm³/mol. The van der Waals surface area contributed by atoms with E-state index in [1.165, 1.54) is 11.6 Å². The van der Waals surface area contributed by atoms with E-state index in [1.54, 1.807) is 12.1 Å². The Hall–Kier alpha value is -2.04. The molecule has 0 saturated heterocycles. The van der Waals surface area contributed by atoms with E-state index in [0.29, 0.717) is 12.3 Å². The smallest absolute Gasteiger partial charge is 0.258 e. The van der Waals surface area contributed by atoms with Gasteiger partial charge in [-0.3, -0.25) is 10.1 Å². The van der Waals surface area contributed by atoms with Gasteiger partial charge in [0.1, 0.15) is 6.04 Å². The van der Waals surface area contributed by atoms with E-state index in [9.17, 15) is 15.0 Å². The molecular formula is C15H18N2O3. The third kappa shape index (κ3) is 2.92. The maximum Gasteiger partial charge on any atom is 0.270 e. The number of allylic oxidation sites excluding steroid dienone is 1. The molecule has 0 spiro atoms. The van der Waals surface area contributed by atoms with Gasteiger partial charge in [0, 0.05) is 12.1 Å². The lowest BCUT2D eigenvalue weighted by atomic mass is 9.94. The quantitative estimate of drug-likeness (QED) is 0.456. The third-order valence-corrected chi connectivity index (χ3v) is 3.58. The summed E-state index contributed by atoms with van der Waals surface area (Å²) in [6, 6.07) is 6.12. The lowest BCUT2D eigenvalue weighted by Crippen LogP contribution is -2.03. The molecule has 1 atom stereocenters. The van der Waals surface area contributed by atoms with Crippen LogP contribution in [0.5, 0.6) is 0 Å². The van der Waals surface area contributed by atoms with Crippen LogP contribution in [0.2, 0.25) is 0 Å². The van der Waals surface area contributed by atoms with Crippen molar-refractivity contribution in [3.8, 4) is 0 Å². The van der Waals surface area contributed by atoms with Crippen LogP contribution >= 0.6 is 0 Å².